The molecule has 0 unspecified atom stereocenters. The molecular weight excluding hydrogens is 314 g/mol. The van der Waals surface area contributed by atoms with E-state index < -0.39 is 0 Å². The minimum atomic E-state index is -0.128. The van der Waals surface area contributed by atoms with Crippen LogP contribution in [0.3, 0.4) is 0 Å². The lowest BCUT2D eigenvalue weighted by molar-refractivity contribution is 0.475. The Labute approximate surface area is 143 Å². The van der Waals surface area contributed by atoms with Crippen molar-refractivity contribution in [2.24, 2.45) is 0 Å². The molecule has 2 heterocycles. The zero-order valence-electron chi connectivity index (χ0n) is 13.6. The number of phenols is 1. The summed E-state index contributed by atoms with van der Waals surface area (Å²) >= 11 is 0. The first-order chi connectivity index (χ1) is 12.1. The molecule has 5 heteroatoms. The van der Waals surface area contributed by atoms with Crippen LogP contribution in [0.4, 0.5) is 0 Å². The van der Waals surface area contributed by atoms with E-state index in [0.29, 0.717) is 28.8 Å². The molecule has 5 nitrogen and oxygen atoms in total. The van der Waals surface area contributed by atoms with Crippen LogP contribution in [0.5, 0.6) is 5.75 Å². The maximum Gasteiger partial charge on any atom is 0.260 e. The van der Waals surface area contributed by atoms with E-state index in [1.54, 1.807) is 35.6 Å². The highest BCUT2D eigenvalue weighted by atomic mass is 16.3. The number of pyridine rings is 1. The van der Waals surface area contributed by atoms with Crippen LogP contribution in [-0.2, 0) is 6.42 Å². The van der Waals surface area contributed by atoms with E-state index in [4.69, 9.17) is 0 Å². The molecule has 2 aromatic heterocycles. The normalized spacial score (nSPS) is 11.0. The summed E-state index contributed by atoms with van der Waals surface area (Å²) in [6, 6.07) is 16.5. The van der Waals surface area contributed by atoms with Crippen molar-refractivity contribution in [2.75, 3.05) is 0 Å². The molecule has 0 bridgehead atoms. The Kier molecular flexibility index (Phi) is 3.33. The SMILES string of the molecule is Cc1c(Cc2ccc(O)cc2)c(=O)n2c([nH]c3ccccc32)c1C#N. The molecule has 0 fully saturated rings. The molecular formula is C20H15N3O2. The van der Waals surface area contributed by atoms with E-state index in [9.17, 15) is 15.2 Å². The van der Waals surface area contributed by atoms with Gasteiger partial charge < -0.3 is 10.1 Å². The maximum atomic E-state index is 13.1. The number of fused-ring (bicyclic) bond motifs is 3. The lowest BCUT2D eigenvalue weighted by Gasteiger charge is -2.09. The van der Waals surface area contributed by atoms with Gasteiger partial charge in [0, 0.05) is 12.0 Å². The largest absolute Gasteiger partial charge is 0.508 e. The number of nitrogens with one attached hydrogen (secondary N) is 1. The predicted octanol–water partition coefficient (Wildman–Crippen LogP) is 3.26. The first-order valence-corrected chi connectivity index (χ1v) is 7.93. The topological polar surface area (TPSA) is 81.3 Å². The molecule has 0 spiro atoms. The molecule has 0 aliphatic carbocycles. The molecule has 0 saturated heterocycles. The third kappa shape index (κ3) is 2.27. The summed E-state index contributed by atoms with van der Waals surface area (Å²) in [6.07, 6.45) is 0.405. The number of rotatable bonds is 2. The van der Waals surface area contributed by atoms with Gasteiger partial charge in [0.05, 0.1) is 16.6 Å². The minimum Gasteiger partial charge on any atom is -0.508 e. The summed E-state index contributed by atoms with van der Waals surface area (Å²) in [5.74, 6) is 0.182. The van der Waals surface area contributed by atoms with Gasteiger partial charge in [-0.2, -0.15) is 5.26 Å². The van der Waals surface area contributed by atoms with Crippen LogP contribution in [0.2, 0.25) is 0 Å². The standard InChI is InChI=1S/C20H15N3O2/c1-12-15(10-13-6-8-14(24)9-7-13)20(25)23-18-5-3-2-4-17(18)22-19(23)16(12)11-21/h2-9,22,24H,10H2,1H3. The van der Waals surface area contributed by atoms with Gasteiger partial charge in [-0.25, -0.2) is 0 Å². The second-order valence-electron chi connectivity index (χ2n) is 6.06. The van der Waals surface area contributed by atoms with E-state index >= 15 is 0 Å². The average Bonchev–Trinajstić information content (AvgIpc) is 3.00. The number of aromatic amines is 1. The third-order valence-corrected chi connectivity index (χ3v) is 4.58. The Hall–Kier alpha value is -3.52. The maximum absolute atomic E-state index is 13.1. The van der Waals surface area contributed by atoms with Crippen molar-refractivity contribution < 1.29 is 5.11 Å². The average molecular weight is 329 g/mol. The van der Waals surface area contributed by atoms with Gasteiger partial charge in [0.25, 0.3) is 5.56 Å². The van der Waals surface area contributed by atoms with Gasteiger partial charge in [-0.1, -0.05) is 24.3 Å². The molecule has 4 aromatic rings. The second kappa shape index (κ2) is 5.53. The highest BCUT2D eigenvalue weighted by Gasteiger charge is 2.18. The lowest BCUT2D eigenvalue weighted by Crippen LogP contribution is -2.21. The number of nitrogens with zero attached hydrogens (tertiary/aromatic N) is 2. The molecule has 0 radical (unpaired) electrons. The molecule has 2 aromatic carbocycles. The van der Waals surface area contributed by atoms with Crippen molar-refractivity contribution in [1.29, 1.82) is 5.26 Å². The second-order valence-corrected chi connectivity index (χ2v) is 6.06. The van der Waals surface area contributed by atoms with Gasteiger partial charge in [0.15, 0.2) is 0 Å². The highest BCUT2D eigenvalue weighted by molar-refractivity contribution is 5.83. The smallest absolute Gasteiger partial charge is 0.260 e. The highest BCUT2D eigenvalue weighted by Crippen LogP contribution is 2.23. The summed E-state index contributed by atoms with van der Waals surface area (Å²) in [6.45, 7) is 1.81. The Morgan fingerprint density at radius 1 is 1.16 bits per heavy atom. The van der Waals surface area contributed by atoms with Gasteiger partial charge in [0.1, 0.15) is 17.5 Å². The van der Waals surface area contributed by atoms with Crippen molar-refractivity contribution >= 4 is 16.7 Å². The Bertz CT molecular complexity index is 1210. The van der Waals surface area contributed by atoms with E-state index in [0.717, 1.165) is 16.6 Å². The van der Waals surface area contributed by atoms with E-state index in [-0.39, 0.29) is 11.3 Å². The van der Waals surface area contributed by atoms with Crippen LogP contribution in [0.25, 0.3) is 16.7 Å². The van der Waals surface area contributed by atoms with Crippen LogP contribution >= 0.6 is 0 Å². The summed E-state index contributed by atoms with van der Waals surface area (Å²) in [4.78, 5) is 16.3. The zero-order chi connectivity index (χ0) is 17.6. The fourth-order valence-electron chi connectivity index (χ4n) is 3.25. The number of phenolic OH excluding ortho intramolecular Hbond substituents is 1. The number of imidazole rings is 1. The number of hydrogen-bond donors (Lipinski definition) is 2. The lowest BCUT2D eigenvalue weighted by atomic mass is 9.99. The van der Waals surface area contributed by atoms with Gasteiger partial charge in [0.2, 0.25) is 0 Å². The predicted molar refractivity (Wildman–Crippen MR) is 95.9 cm³/mol. The summed E-state index contributed by atoms with van der Waals surface area (Å²) in [5.41, 5.74) is 4.63. The van der Waals surface area contributed by atoms with Crippen molar-refractivity contribution in [3.63, 3.8) is 0 Å². The van der Waals surface area contributed by atoms with Gasteiger partial charge >= 0.3 is 0 Å². The summed E-state index contributed by atoms with van der Waals surface area (Å²) in [5, 5.41) is 19.1. The fraction of sp³-hybridized carbons (Fsp3) is 0.100. The van der Waals surface area contributed by atoms with Crippen molar-refractivity contribution in [3.05, 3.63) is 81.1 Å². The molecule has 0 aliphatic heterocycles. The molecule has 0 amide bonds. The number of aromatic hydroxyl groups is 1. The third-order valence-electron chi connectivity index (χ3n) is 4.58. The van der Waals surface area contributed by atoms with Gasteiger partial charge in [-0.3, -0.25) is 9.20 Å². The molecule has 2 N–H and O–H groups in total. The Balaban J connectivity index is 2.04. The Morgan fingerprint density at radius 3 is 2.60 bits per heavy atom. The number of nitriles is 1. The number of hydrogen-bond acceptors (Lipinski definition) is 3. The molecule has 0 aliphatic rings. The van der Waals surface area contributed by atoms with E-state index in [1.807, 2.05) is 24.3 Å². The molecule has 0 atom stereocenters. The number of para-hydroxylation sites is 2. The first-order valence-electron chi connectivity index (χ1n) is 7.93. The monoisotopic (exact) mass is 329 g/mol. The Morgan fingerprint density at radius 2 is 1.88 bits per heavy atom. The summed E-state index contributed by atoms with van der Waals surface area (Å²) in [7, 11) is 0. The van der Waals surface area contributed by atoms with Crippen LogP contribution in [0, 0.1) is 18.3 Å². The first kappa shape index (κ1) is 15.0. The fourth-order valence-corrected chi connectivity index (χ4v) is 3.25. The molecule has 25 heavy (non-hydrogen) atoms. The van der Waals surface area contributed by atoms with Crippen molar-refractivity contribution in [3.8, 4) is 11.8 Å². The van der Waals surface area contributed by atoms with Crippen LogP contribution in [0.1, 0.15) is 22.3 Å². The quantitative estimate of drug-likeness (QED) is 0.592. The number of H-pyrrole nitrogens is 1. The molecule has 122 valence electrons. The number of benzene rings is 2. The van der Waals surface area contributed by atoms with Gasteiger partial charge in [-0.05, 0) is 42.3 Å². The van der Waals surface area contributed by atoms with E-state index in [1.165, 1.54) is 0 Å². The van der Waals surface area contributed by atoms with Crippen LogP contribution in [0.15, 0.2) is 53.3 Å². The van der Waals surface area contributed by atoms with Gasteiger partial charge in [-0.15, -0.1) is 0 Å². The van der Waals surface area contributed by atoms with Crippen LogP contribution < -0.4 is 5.56 Å². The van der Waals surface area contributed by atoms with Crippen molar-refractivity contribution in [1.82, 2.24) is 9.38 Å². The molecule has 4 rings (SSSR count). The number of aromatic nitrogens is 2. The summed E-state index contributed by atoms with van der Waals surface area (Å²) < 4.78 is 1.58. The minimum absolute atomic E-state index is 0.128. The van der Waals surface area contributed by atoms with E-state index in [2.05, 4.69) is 11.1 Å². The zero-order valence-corrected chi connectivity index (χ0v) is 13.6. The van der Waals surface area contributed by atoms with Crippen molar-refractivity contribution in [2.45, 2.75) is 13.3 Å². The van der Waals surface area contributed by atoms with Crippen LogP contribution in [-0.4, -0.2) is 14.5 Å². The molecule has 0 saturated carbocycles.